The summed E-state index contributed by atoms with van der Waals surface area (Å²) in [6, 6.07) is 6.83. The third kappa shape index (κ3) is 2.16. The lowest BCUT2D eigenvalue weighted by Crippen LogP contribution is -2.72. The van der Waals surface area contributed by atoms with Crippen LogP contribution in [0.5, 0.6) is 0 Å². The molecule has 4 bridgehead atoms. The molecule has 4 atom stereocenters. The Morgan fingerprint density at radius 2 is 1.43 bits per heavy atom. The molecule has 1 aromatic carbocycles. The lowest BCUT2D eigenvalue weighted by Gasteiger charge is -2.69. The zero-order valence-corrected chi connectivity index (χ0v) is 14.6. The van der Waals surface area contributed by atoms with Crippen LogP contribution in [0, 0.1) is 10.1 Å². The quantitative estimate of drug-likeness (QED) is 0.470. The van der Waals surface area contributed by atoms with E-state index in [0.29, 0.717) is 12.8 Å². The summed E-state index contributed by atoms with van der Waals surface area (Å²) < 4.78 is 18.8. The normalized spacial score (nSPS) is 47.7. The molecule has 23 heavy (non-hydrogen) atoms. The highest BCUT2D eigenvalue weighted by atomic mass is 31.1. The van der Waals surface area contributed by atoms with Crippen LogP contribution in [0.2, 0.25) is 0 Å². The Bertz CT molecular complexity index is 646. The number of nitrogens with zero attached hydrogens (tertiary/aromatic N) is 1. The van der Waals surface area contributed by atoms with Gasteiger partial charge in [-0.05, 0) is 53.1 Å². The second kappa shape index (κ2) is 4.31. The molecule has 7 heteroatoms. The number of nitro groups is 1. The van der Waals surface area contributed by atoms with E-state index in [0.717, 1.165) is 5.30 Å². The Morgan fingerprint density at radius 3 is 1.87 bits per heavy atom. The molecule has 6 nitrogen and oxygen atoms in total. The van der Waals surface area contributed by atoms with E-state index in [2.05, 4.69) is 13.8 Å². The summed E-state index contributed by atoms with van der Waals surface area (Å²) in [5.41, 5.74) is 0.105. The van der Waals surface area contributed by atoms with Crippen molar-refractivity contribution in [3.63, 3.8) is 0 Å². The van der Waals surface area contributed by atoms with Crippen molar-refractivity contribution in [2.24, 2.45) is 0 Å². The van der Waals surface area contributed by atoms with Crippen molar-refractivity contribution in [2.75, 3.05) is 0 Å². The monoisotopic (exact) mass is 337 g/mol. The summed E-state index contributed by atoms with van der Waals surface area (Å²) in [7, 11) is -0.807. The van der Waals surface area contributed by atoms with Crippen LogP contribution in [0.1, 0.15) is 40.5 Å². The molecule has 4 fully saturated rings. The maximum absolute atomic E-state index is 10.9. The van der Waals surface area contributed by atoms with E-state index in [1.165, 1.54) is 0 Å². The highest BCUT2D eigenvalue weighted by Gasteiger charge is 2.71. The molecule has 0 N–H and O–H groups in total. The van der Waals surface area contributed by atoms with Crippen LogP contribution < -0.4 is 5.30 Å². The first-order valence-electron chi connectivity index (χ1n) is 7.72. The molecule has 0 aromatic heterocycles. The van der Waals surface area contributed by atoms with Crippen LogP contribution in [0.3, 0.4) is 0 Å². The summed E-state index contributed by atoms with van der Waals surface area (Å²) >= 11 is 0. The molecule has 124 valence electrons. The molecule has 0 aliphatic carbocycles. The second-order valence-corrected chi connectivity index (χ2v) is 10.5. The second-order valence-electron chi connectivity index (χ2n) is 7.39. The first-order valence-corrected chi connectivity index (χ1v) is 9.06. The average Bonchev–Trinajstić information content (AvgIpc) is 2.32. The fourth-order valence-corrected chi connectivity index (χ4v) is 8.86. The number of nitro benzene ring substituents is 1. The molecular weight excluding hydrogens is 317 g/mol. The van der Waals surface area contributed by atoms with Crippen LogP contribution in [-0.2, 0) is 14.2 Å². The molecule has 0 amide bonds. The largest absolute Gasteiger partial charge is 0.339 e. The molecule has 4 aliphatic rings. The van der Waals surface area contributed by atoms with Gasteiger partial charge in [-0.25, -0.2) is 0 Å². The third-order valence-electron chi connectivity index (χ3n) is 4.87. The molecule has 0 saturated carbocycles. The highest BCUT2D eigenvalue weighted by Crippen LogP contribution is 2.75. The van der Waals surface area contributed by atoms with Gasteiger partial charge in [-0.3, -0.25) is 10.1 Å². The topological polar surface area (TPSA) is 70.8 Å². The Morgan fingerprint density at radius 1 is 0.957 bits per heavy atom. The average molecular weight is 337 g/mol. The number of rotatable bonds is 2. The fourth-order valence-electron chi connectivity index (χ4n) is 4.86. The summed E-state index contributed by atoms with van der Waals surface area (Å²) in [5, 5.41) is 11.2. The standard InChI is InChI=1S/C16H20NO5P/c1-13-9-15(3)22-14(2,20-13)10-16(4,21-13)23(15)12-7-5-11(6-8-12)17(18)19/h5-8H,9-10H2,1-4H3. The van der Waals surface area contributed by atoms with Gasteiger partial charge in [-0.15, -0.1) is 0 Å². The minimum atomic E-state index is -0.807. The van der Waals surface area contributed by atoms with Gasteiger partial charge in [0.15, 0.2) is 11.6 Å². The van der Waals surface area contributed by atoms with Crippen molar-refractivity contribution in [3.05, 3.63) is 34.4 Å². The molecule has 0 radical (unpaired) electrons. The Labute approximate surface area is 136 Å². The van der Waals surface area contributed by atoms with Crippen LogP contribution in [-0.4, -0.2) is 27.2 Å². The van der Waals surface area contributed by atoms with Gasteiger partial charge < -0.3 is 14.2 Å². The van der Waals surface area contributed by atoms with E-state index in [1.807, 2.05) is 26.0 Å². The van der Waals surface area contributed by atoms with Crippen LogP contribution in [0.4, 0.5) is 5.69 Å². The fraction of sp³-hybridized carbons (Fsp3) is 0.625. The molecule has 5 rings (SSSR count). The number of ether oxygens (including phenoxy) is 3. The van der Waals surface area contributed by atoms with Crippen molar-refractivity contribution in [1.29, 1.82) is 0 Å². The minimum Gasteiger partial charge on any atom is -0.339 e. The lowest BCUT2D eigenvalue weighted by molar-refractivity contribution is -0.467. The maximum Gasteiger partial charge on any atom is 0.269 e. The Balaban J connectivity index is 1.79. The van der Waals surface area contributed by atoms with Gasteiger partial charge in [0.05, 0.1) is 15.6 Å². The van der Waals surface area contributed by atoms with Crippen LogP contribution in [0.15, 0.2) is 24.3 Å². The SMILES string of the molecule is CC12CC3(C)OC(C)(CC(C)(O1)P3c1ccc([N+](=O)[O-])cc1)O2. The maximum atomic E-state index is 10.9. The number of benzene rings is 1. The first-order chi connectivity index (χ1) is 10.6. The van der Waals surface area contributed by atoms with E-state index >= 15 is 0 Å². The lowest BCUT2D eigenvalue weighted by atomic mass is 9.98. The zero-order valence-electron chi connectivity index (χ0n) is 13.7. The Hall–Kier alpha value is -1.07. The highest BCUT2D eigenvalue weighted by molar-refractivity contribution is 7.68. The molecule has 4 saturated heterocycles. The predicted octanol–water partition coefficient (Wildman–Crippen LogP) is 3.44. The van der Waals surface area contributed by atoms with E-state index < -0.39 is 19.5 Å². The summed E-state index contributed by atoms with van der Waals surface area (Å²) in [6.07, 6.45) is 1.32. The third-order valence-corrected chi connectivity index (χ3v) is 8.07. The molecule has 4 aliphatic heterocycles. The van der Waals surface area contributed by atoms with E-state index in [1.54, 1.807) is 12.1 Å². The van der Waals surface area contributed by atoms with Crippen molar-refractivity contribution in [2.45, 2.75) is 62.8 Å². The number of hydrogen-bond acceptors (Lipinski definition) is 5. The van der Waals surface area contributed by atoms with Gasteiger partial charge in [-0.2, -0.15) is 0 Å². The zero-order chi connectivity index (χ0) is 16.7. The van der Waals surface area contributed by atoms with Gasteiger partial charge in [0.25, 0.3) is 5.69 Å². The molecule has 4 heterocycles. The minimum absolute atomic E-state index is 0.105. The summed E-state index contributed by atoms with van der Waals surface area (Å²) in [5.74, 6) is -1.26. The van der Waals surface area contributed by atoms with E-state index in [-0.39, 0.29) is 21.3 Å². The summed E-state index contributed by atoms with van der Waals surface area (Å²) in [4.78, 5) is 10.5. The van der Waals surface area contributed by atoms with Crippen molar-refractivity contribution in [1.82, 2.24) is 0 Å². The molecule has 4 unspecified atom stereocenters. The van der Waals surface area contributed by atoms with E-state index in [4.69, 9.17) is 14.2 Å². The van der Waals surface area contributed by atoms with E-state index in [9.17, 15) is 10.1 Å². The van der Waals surface area contributed by atoms with Crippen LogP contribution >= 0.6 is 7.92 Å². The first kappa shape index (κ1) is 15.5. The summed E-state index contributed by atoms with van der Waals surface area (Å²) in [6.45, 7) is 8.20. The number of hydrogen-bond donors (Lipinski definition) is 0. The van der Waals surface area contributed by atoms with Crippen LogP contribution in [0.25, 0.3) is 0 Å². The van der Waals surface area contributed by atoms with Crippen molar-refractivity contribution < 1.29 is 19.1 Å². The predicted molar refractivity (Wildman–Crippen MR) is 85.8 cm³/mol. The van der Waals surface area contributed by atoms with Crippen molar-refractivity contribution >= 4 is 18.9 Å². The Kier molecular flexibility index (Phi) is 2.90. The van der Waals surface area contributed by atoms with Crippen molar-refractivity contribution in [3.8, 4) is 0 Å². The van der Waals surface area contributed by atoms with Gasteiger partial charge in [0.1, 0.15) is 0 Å². The molecule has 0 spiro atoms. The van der Waals surface area contributed by atoms with Gasteiger partial charge in [0.2, 0.25) is 0 Å². The molecule has 1 aromatic rings. The van der Waals surface area contributed by atoms with Gasteiger partial charge in [0, 0.05) is 25.0 Å². The smallest absolute Gasteiger partial charge is 0.269 e. The molecular formula is C16H20NO5P. The van der Waals surface area contributed by atoms with Gasteiger partial charge >= 0.3 is 0 Å². The number of non-ortho nitro benzene ring substituents is 1. The van der Waals surface area contributed by atoms with Gasteiger partial charge in [-0.1, -0.05) is 0 Å².